The van der Waals surface area contributed by atoms with Gasteiger partial charge in [-0.15, -0.1) is 0 Å². The van der Waals surface area contributed by atoms with Crippen LogP contribution >= 0.6 is 15.6 Å². The van der Waals surface area contributed by atoms with Gasteiger partial charge in [0, 0.05) is 25.7 Å². The molecule has 0 radical (unpaired) electrons. The Labute approximate surface area is 632 Å². The first-order valence-corrected chi connectivity index (χ1v) is 44.1. The van der Waals surface area contributed by atoms with Crippen LogP contribution in [0.25, 0.3) is 0 Å². The fourth-order valence-corrected chi connectivity index (χ4v) is 12.5. The van der Waals surface area contributed by atoms with Crippen molar-refractivity contribution in [2.75, 3.05) is 39.6 Å². The Balaban J connectivity index is 5.40. The van der Waals surface area contributed by atoms with Gasteiger partial charge in [0.15, 0.2) is 12.2 Å². The average Bonchev–Trinajstić information content (AvgIpc) is 0.918. The standard InChI is InChI=1S/C85H148O17P2/c1-5-9-13-17-21-25-29-33-37-38-39-40-44-46-50-54-58-62-66-70-83(88)96-76-81(102-85(90)72-68-64-60-56-52-48-43-36-32-28-24-20-16-12-8-4)78-100-104(93,94)98-74-79(86)73-97-103(91,92)99-77-80(101-84(89)71-67-63-59-55-51-47-42-35-31-27-23-19-15-11-7-3)75-95-82(87)69-65-61-57-53-49-45-41-34-30-26-22-18-14-10-6-2/h9,13,21-22,25-26,33-37,39-43,46,50,79-81,86H,5-8,10-12,14-20,23-24,27-32,38,44-45,47-49,51-78H2,1-4H3,(H,91,92)(H,93,94)/b13-9-,25-21-,26-22-,37-33-,40-39-,41-34-,42-35-,43-36-,50-46-. The molecule has 0 aromatic rings. The van der Waals surface area contributed by atoms with Crippen molar-refractivity contribution in [2.24, 2.45) is 0 Å². The minimum absolute atomic E-state index is 0.0764. The average molecular weight is 1500 g/mol. The summed E-state index contributed by atoms with van der Waals surface area (Å²) in [6.07, 6.45) is 83.4. The molecule has 0 aliphatic heterocycles. The Morgan fingerprint density at radius 1 is 0.279 bits per heavy atom. The molecule has 17 nitrogen and oxygen atoms in total. The summed E-state index contributed by atoms with van der Waals surface area (Å²) in [5, 5.41) is 10.7. The van der Waals surface area contributed by atoms with E-state index in [2.05, 4.69) is 137 Å². The minimum atomic E-state index is -4.99. The molecule has 0 heterocycles. The second kappa shape index (κ2) is 76.9. The summed E-state index contributed by atoms with van der Waals surface area (Å²) in [5.41, 5.74) is 0. The predicted octanol–water partition coefficient (Wildman–Crippen LogP) is 24.1. The Bertz CT molecular complexity index is 2390. The zero-order chi connectivity index (χ0) is 76.0. The maximum Gasteiger partial charge on any atom is 0.472 e. The van der Waals surface area contributed by atoms with Gasteiger partial charge < -0.3 is 33.8 Å². The first-order chi connectivity index (χ1) is 50.7. The van der Waals surface area contributed by atoms with Gasteiger partial charge in [-0.3, -0.25) is 37.3 Å². The number of aliphatic hydroxyl groups is 1. The van der Waals surface area contributed by atoms with Crippen molar-refractivity contribution in [1.29, 1.82) is 0 Å². The molecule has 0 saturated heterocycles. The number of rotatable bonds is 77. The van der Waals surface area contributed by atoms with Gasteiger partial charge in [0.2, 0.25) is 0 Å². The highest BCUT2D eigenvalue weighted by Crippen LogP contribution is 2.45. The molecule has 5 atom stereocenters. The molecule has 0 bridgehead atoms. The highest BCUT2D eigenvalue weighted by Gasteiger charge is 2.30. The number of hydrogen-bond donors (Lipinski definition) is 3. The van der Waals surface area contributed by atoms with Crippen molar-refractivity contribution >= 4 is 39.5 Å². The van der Waals surface area contributed by atoms with Crippen LogP contribution in [0.15, 0.2) is 109 Å². The lowest BCUT2D eigenvalue weighted by molar-refractivity contribution is -0.161. The normalized spacial score (nSPS) is 14.4. The molecular weight excluding hydrogens is 1350 g/mol. The van der Waals surface area contributed by atoms with Crippen LogP contribution in [0.4, 0.5) is 0 Å². The number of ether oxygens (including phenoxy) is 4. The smallest absolute Gasteiger partial charge is 0.462 e. The van der Waals surface area contributed by atoms with Crippen LogP contribution in [0.2, 0.25) is 0 Å². The van der Waals surface area contributed by atoms with E-state index in [9.17, 15) is 43.2 Å². The van der Waals surface area contributed by atoms with Gasteiger partial charge in [0.25, 0.3) is 0 Å². The fraction of sp³-hybridized carbons (Fsp3) is 0.741. The number of phosphoric acid groups is 2. The summed E-state index contributed by atoms with van der Waals surface area (Å²) in [5.74, 6) is -2.23. The SMILES string of the molecule is CC/C=C\C/C=C\C/C=C\C/C=C\C/C=C\CCCCCC(=O)OCC(COP(=O)(O)OCC(O)COP(=O)(O)OCC(COC(=O)CCCCCCC/C=C\C/C=C\CCCCC)OC(=O)CCCCCCC/C=C\CCCCCCCC)OC(=O)CCCCCCC/C=C\CCCCCCCC. The van der Waals surface area contributed by atoms with E-state index in [4.69, 9.17) is 37.0 Å². The van der Waals surface area contributed by atoms with Crippen molar-refractivity contribution in [2.45, 2.75) is 367 Å². The third-order valence-electron chi connectivity index (χ3n) is 17.2. The van der Waals surface area contributed by atoms with Gasteiger partial charge in [0.05, 0.1) is 26.4 Å². The second-order valence-corrected chi connectivity index (χ2v) is 30.2. The van der Waals surface area contributed by atoms with E-state index in [1.807, 2.05) is 0 Å². The highest BCUT2D eigenvalue weighted by atomic mass is 31.2. The Morgan fingerprint density at radius 2 is 0.500 bits per heavy atom. The van der Waals surface area contributed by atoms with Gasteiger partial charge in [-0.25, -0.2) is 9.13 Å². The Hall–Kier alpha value is -4.28. The van der Waals surface area contributed by atoms with Gasteiger partial charge in [0.1, 0.15) is 19.3 Å². The monoisotopic (exact) mass is 1500 g/mol. The quantitative estimate of drug-likeness (QED) is 0.0169. The summed E-state index contributed by atoms with van der Waals surface area (Å²) in [4.78, 5) is 73.1. The van der Waals surface area contributed by atoms with Gasteiger partial charge in [-0.2, -0.15) is 0 Å². The van der Waals surface area contributed by atoms with Crippen LogP contribution in [-0.2, 0) is 65.4 Å². The first kappa shape index (κ1) is 99.7. The zero-order valence-corrected chi connectivity index (χ0v) is 67.5. The van der Waals surface area contributed by atoms with Crippen molar-refractivity contribution in [3.8, 4) is 0 Å². The fourth-order valence-electron chi connectivity index (χ4n) is 10.9. The van der Waals surface area contributed by atoms with Crippen molar-refractivity contribution < 1.29 is 80.2 Å². The van der Waals surface area contributed by atoms with Crippen LogP contribution in [0.5, 0.6) is 0 Å². The molecule has 0 aliphatic carbocycles. The molecule has 0 rings (SSSR count). The molecule has 0 aliphatic rings. The molecule has 0 spiro atoms. The summed E-state index contributed by atoms with van der Waals surface area (Å²) >= 11 is 0. The van der Waals surface area contributed by atoms with E-state index in [0.29, 0.717) is 25.7 Å². The summed E-state index contributed by atoms with van der Waals surface area (Å²) in [7, 11) is -9.97. The lowest BCUT2D eigenvalue weighted by atomic mass is 10.1. The van der Waals surface area contributed by atoms with Crippen LogP contribution in [0, 0.1) is 0 Å². The number of hydrogen-bond acceptors (Lipinski definition) is 15. The summed E-state index contributed by atoms with van der Waals surface area (Å²) in [6.45, 7) is 4.70. The van der Waals surface area contributed by atoms with Crippen LogP contribution in [0.3, 0.4) is 0 Å². The molecule has 0 aromatic carbocycles. The second-order valence-electron chi connectivity index (χ2n) is 27.3. The van der Waals surface area contributed by atoms with E-state index in [1.165, 1.54) is 96.3 Å². The molecule has 0 saturated carbocycles. The largest absolute Gasteiger partial charge is 0.472 e. The van der Waals surface area contributed by atoms with Crippen molar-refractivity contribution in [1.82, 2.24) is 0 Å². The van der Waals surface area contributed by atoms with E-state index >= 15 is 0 Å². The third-order valence-corrected chi connectivity index (χ3v) is 19.1. The number of carbonyl (C=O) groups is 4. The zero-order valence-electron chi connectivity index (χ0n) is 65.7. The maximum absolute atomic E-state index is 13.1. The Morgan fingerprint density at radius 3 is 0.808 bits per heavy atom. The molecule has 600 valence electrons. The van der Waals surface area contributed by atoms with E-state index < -0.39 is 97.5 Å². The molecule has 0 fully saturated rings. The van der Waals surface area contributed by atoms with E-state index in [1.54, 1.807) is 0 Å². The van der Waals surface area contributed by atoms with Gasteiger partial charge in [-0.1, -0.05) is 278 Å². The number of allylic oxidation sites excluding steroid dienone is 18. The van der Waals surface area contributed by atoms with Crippen LogP contribution in [-0.4, -0.2) is 96.7 Å². The van der Waals surface area contributed by atoms with Gasteiger partial charge in [-0.05, 0) is 154 Å². The highest BCUT2D eigenvalue weighted by molar-refractivity contribution is 7.47. The lowest BCUT2D eigenvalue weighted by Gasteiger charge is -2.21. The molecule has 0 aromatic heterocycles. The predicted molar refractivity (Wildman–Crippen MR) is 427 cm³/mol. The Kier molecular flexibility index (Phi) is 73.7. The number of phosphoric ester groups is 2. The molecule has 19 heteroatoms. The van der Waals surface area contributed by atoms with E-state index in [-0.39, 0.29) is 25.7 Å². The summed E-state index contributed by atoms with van der Waals surface area (Å²) < 4.78 is 68.6. The van der Waals surface area contributed by atoms with Crippen molar-refractivity contribution in [3.63, 3.8) is 0 Å². The molecule has 0 amide bonds. The van der Waals surface area contributed by atoms with E-state index in [0.717, 1.165) is 173 Å². The molecule has 5 unspecified atom stereocenters. The summed E-state index contributed by atoms with van der Waals surface area (Å²) in [6, 6.07) is 0. The minimum Gasteiger partial charge on any atom is -0.462 e. The van der Waals surface area contributed by atoms with Crippen LogP contribution in [0.1, 0.15) is 349 Å². The van der Waals surface area contributed by atoms with Crippen molar-refractivity contribution in [3.05, 3.63) is 109 Å². The van der Waals surface area contributed by atoms with Gasteiger partial charge >= 0.3 is 39.5 Å². The number of unbranched alkanes of at least 4 members (excludes halogenated alkanes) is 33. The molecular formula is C85H148O17P2. The van der Waals surface area contributed by atoms with Crippen LogP contribution < -0.4 is 0 Å². The first-order valence-electron chi connectivity index (χ1n) is 41.1. The maximum atomic E-state index is 13.1. The topological polar surface area (TPSA) is 237 Å². The number of aliphatic hydroxyl groups excluding tert-OH is 1. The number of carbonyl (C=O) groups excluding carboxylic acids is 4. The molecule has 3 N–H and O–H groups in total. The third kappa shape index (κ3) is 75.9. The number of esters is 4. The molecule has 104 heavy (non-hydrogen) atoms. The lowest BCUT2D eigenvalue weighted by Crippen LogP contribution is -2.30.